The summed E-state index contributed by atoms with van der Waals surface area (Å²) in [6.45, 7) is 10.4. The summed E-state index contributed by atoms with van der Waals surface area (Å²) in [5.41, 5.74) is 0.968. The summed E-state index contributed by atoms with van der Waals surface area (Å²) in [4.78, 5) is 2.40. The topological polar surface area (TPSA) is 20.2 Å². The number of aromatic nitrogens is 1. The molecule has 4 heteroatoms. The van der Waals surface area contributed by atoms with Crippen molar-refractivity contribution in [1.29, 1.82) is 0 Å². The zero-order chi connectivity index (χ0) is 14.4. The fraction of sp³-hybridized carbons (Fsp3) is 0.500. The minimum atomic E-state index is -0.174. The highest BCUT2D eigenvalue weighted by Crippen LogP contribution is 2.16. The van der Waals surface area contributed by atoms with Crippen LogP contribution in [0, 0.1) is 5.82 Å². The number of hydrogen-bond acceptors (Lipinski definition) is 2. The molecular formula is C16H24FN3. The Kier molecular flexibility index (Phi) is 5.56. The van der Waals surface area contributed by atoms with Crippen LogP contribution in [0.2, 0.25) is 0 Å². The first-order valence-corrected chi connectivity index (χ1v) is 7.42. The molecule has 0 spiro atoms. The molecule has 0 saturated carbocycles. The lowest BCUT2D eigenvalue weighted by Gasteiger charge is -2.18. The summed E-state index contributed by atoms with van der Waals surface area (Å²) in [6, 6.07) is 6.97. The number of hydrogen-bond donors (Lipinski definition) is 1. The second kappa shape index (κ2) is 7.41. The van der Waals surface area contributed by atoms with Crippen molar-refractivity contribution < 1.29 is 4.39 Å². The first-order chi connectivity index (χ1) is 9.74. The van der Waals surface area contributed by atoms with Crippen LogP contribution in [0.5, 0.6) is 0 Å². The maximum Gasteiger partial charge on any atom is 0.125 e. The van der Waals surface area contributed by atoms with E-state index in [2.05, 4.69) is 28.6 Å². The molecule has 0 aliphatic heterocycles. The van der Waals surface area contributed by atoms with Gasteiger partial charge in [0.25, 0.3) is 0 Å². The van der Waals surface area contributed by atoms with E-state index in [0.717, 1.165) is 50.2 Å². The monoisotopic (exact) mass is 277 g/mol. The lowest BCUT2D eigenvalue weighted by Crippen LogP contribution is -2.33. The minimum Gasteiger partial charge on any atom is -0.346 e. The molecule has 0 unspecified atom stereocenters. The van der Waals surface area contributed by atoms with E-state index in [4.69, 9.17) is 0 Å². The fourth-order valence-corrected chi connectivity index (χ4v) is 2.45. The van der Waals surface area contributed by atoms with Gasteiger partial charge in [0.1, 0.15) is 5.82 Å². The van der Waals surface area contributed by atoms with E-state index in [1.807, 2.05) is 18.3 Å². The molecule has 0 atom stereocenters. The average Bonchev–Trinajstić information content (AvgIpc) is 2.85. The van der Waals surface area contributed by atoms with E-state index in [1.165, 1.54) is 6.07 Å². The van der Waals surface area contributed by atoms with Gasteiger partial charge in [-0.2, -0.15) is 0 Å². The number of likely N-dealkylation sites (N-methyl/N-ethyl adjacent to an activating group) is 1. The molecule has 0 aliphatic carbocycles. The maximum atomic E-state index is 13.3. The van der Waals surface area contributed by atoms with Gasteiger partial charge in [0.05, 0.1) is 5.52 Å². The van der Waals surface area contributed by atoms with Gasteiger partial charge < -0.3 is 14.8 Å². The molecule has 0 aliphatic rings. The number of halogens is 1. The number of nitrogens with one attached hydrogen (secondary N) is 1. The van der Waals surface area contributed by atoms with Gasteiger partial charge in [-0.25, -0.2) is 4.39 Å². The van der Waals surface area contributed by atoms with Crippen molar-refractivity contribution in [2.24, 2.45) is 0 Å². The molecule has 1 aromatic heterocycles. The van der Waals surface area contributed by atoms with Gasteiger partial charge >= 0.3 is 0 Å². The number of fused-ring (bicyclic) bond motifs is 1. The lowest BCUT2D eigenvalue weighted by molar-refractivity contribution is 0.302. The molecule has 0 amide bonds. The van der Waals surface area contributed by atoms with E-state index in [9.17, 15) is 4.39 Å². The van der Waals surface area contributed by atoms with Crippen LogP contribution in [0.1, 0.15) is 13.8 Å². The second-order valence-electron chi connectivity index (χ2n) is 4.99. The van der Waals surface area contributed by atoms with Crippen molar-refractivity contribution in [1.82, 2.24) is 14.8 Å². The molecule has 1 heterocycles. The standard InChI is InChI=1S/C16H24FN3/c1-3-19(4-2)11-8-18-9-12-20-10-7-14-5-6-15(17)13-16(14)20/h5-7,10,13,18H,3-4,8-9,11-12H2,1-2H3. The SMILES string of the molecule is CCN(CC)CCNCCn1ccc2ccc(F)cc21. The third-order valence-electron chi connectivity index (χ3n) is 3.76. The summed E-state index contributed by atoms with van der Waals surface area (Å²) in [5.74, 6) is -0.174. The van der Waals surface area contributed by atoms with Gasteiger partial charge in [-0.3, -0.25) is 0 Å². The first-order valence-electron chi connectivity index (χ1n) is 7.42. The highest BCUT2D eigenvalue weighted by Gasteiger charge is 2.02. The van der Waals surface area contributed by atoms with E-state index < -0.39 is 0 Å². The third kappa shape index (κ3) is 3.81. The van der Waals surface area contributed by atoms with Gasteiger partial charge in [-0.05, 0) is 42.7 Å². The van der Waals surface area contributed by atoms with Gasteiger partial charge in [-0.1, -0.05) is 13.8 Å². The summed E-state index contributed by atoms with van der Waals surface area (Å²) < 4.78 is 15.4. The Morgan fingerprint density at radius 2 is 1.95 bits per heavy atom. The van der Waals surface area contributed by atoms with Gasteiger partial charge in [0.2, 0.25) is 0 Å². The molecule has 1 aromatic carbocycles. The van der Waals surface area contributed by atoms with E-state index in [-0.39, 0.29) is 5.82 Å². The van der Waals surface area contributed by atoms with Crippen LogP contribution in [-0.4, -0.2) is 42.2 Å². The highest BCUT2D eigenvalue weighted by molar-refractivity contribution is 5.80. The smallest absolute Gasteiger partial charge is 0.125 e. The van der Waals surface area contributed by atoms with Crippen molar-refractivity contribution >= 4 is 10.9 Å². The van der Waals surface area contributed by atoms with Gasteiger partial charge in [0.15, 0.2) is 0 Å². The Morgan fingerprint density at radius 3 is 2.70 bits per heavy atom. The molecule has 0 fully saturated rings. The zero-order valence-electron chi connectivity index (χ0n) is 12.4. The molecular weight excluding hydrogens is 253 g/mol. The Balaban J connectivity index is 1.80. The van der Waals surface area contributed by atoms with Crippen LogP contribution in [-0.2, 0) is 6.54 Å². The molecule has 0 bridgehead atoms. The molecule has 2 rings (SSSR count). The summed E-state index contributed by atoms with van der Waals surface area (Å²) in [6.07, 6.45) is 2.02. The Bertz CT molecular complexity index is 532. The van der Waals surface area contributed by atoms with Crippen molar-refractivity contribution in [3.63, 3.8) is 0 Å². The Labute approximate surface area is 120 Å². The van der Waals surface area contributed by atoms with Crippen molar-refractivity contribution in [2.75, 3.05) is 32.7 Å². The highest BCUT2D eigenvalue weighted by atomic mass is 19.1. The van der Waals surface area contributed by atoms with Crippen LogP contribution in [0.25, 0.3) is 10.9 Å². The largest absolute Gasteiger partial charge is 0.346 e. The van der Waals surface area contributed by atoms with E-state index >= 15 is 0 Å². The normalized spacial score (nSPS) is 11.6. The molecule has 20 heavy (non-hydrogen) atoms. The Morgan fingerprint density at radius 1 is 1.15 bits per heavy atom. The molecule has 0 saturated heterocycles. The molecule has 3 nitrogen and oxygen atoms in total. The average molecular weight is 277 g/mol. The van der Waals surface area contributed by atoms with Crippen molar-refractivity contribution in [3.05, 3.63) is 36.3 Å². The predicted octanol–water partition coefficient (Wildman–Crippen LogP) is 2.71. The zero-order valence-corrected chi connectivity index (χ0v) is 12.4. The minimum absolute atomic E-state index is 0.174. The van der Waals surface area contributed by atoms with Crippen LogP contribution in [0.15, 0.2) is 30.5 Å². The molecule has 2 aromatic rings. The molecule has 110 valence electrons. The van der Waals surface area contributed by atoms with Crippen molar-refractivity contribution in [3.8, 4) is 0 Å². The predicted molar refractivity (Wildman–Crippen MR) is 82.6 cm³/mol. The summed E-state index contributed by atoms with van der Waals surface area (Å²) in [7, 11) is 0. The second-order valence-corrected chi connectivity index (χ2v) is 4.99. The van der Waals surface area contributed by atoms with Crippen LogP contribution < -0.4 is 5.32 Å². The molecule has 1 N–H and O–H groups in total. The van der Waals surface area contributed by atoms with Gasteiger partial charge in [0, 0.05) is 32.4 Å². The quantitative estimate of drug-likeness (QED) is 0.749. The first kappa shape index (κ1) is 15.0. The number of benzene rings is 1. The Hall–Kier alpha value is -1.39. The van der Waals surface area contributed by atoms with E-state index in [0.29, 0.717) is 0 Å². The van der Waals surface area contributed by atoms with Crippen LogP contribution in [0.3, 0.4) is 0 Å². The molecule has 0 radical (unpaired) electrons. The van der Waals surface area contributed by atoms with Crippen molar-refractivity contribution in [2.45, 2.75) is 20.4 Å². The number of rotatable bonds is 8. The maximum absolute atomic E-state index is 13.3. The summed E-state index contributed by atoms with van der Waals surface area (Å²) in [5, 5.41) is 4.54. The van der Waals surface area contributed by atoms with Crippen LogP contribution >= 0.6 is 0 Å². The summed E-state index contributed by atoms with van der Waals surface area (Å²) >= 11 is 0. The third-order valence-corrected chi connectivity index (χ3v) is 3.76. The fourth-order valence-electron chi connectivity index (χ4n) is 2.45. The number of nitrogens with zero attached hydrogens (tertiary/aromatic N) is 2. The lowest BCUT2D eigenvalue weighted by atomic mass is 10.2. The van der Waals surface area contributed by atoms with E-state index in [1.54, 1.807) is 6.07 Å². The van der Waals surface area contributed by atoms with Gasteiger partial charge in [-0.15, -0.1) is 0 Å². The van der Waals surface area contributed by atoms with Crippen LogP contribution in [0.4, 0.5) is 4.39 Å².